The number of fused-ring (bicyclic) bond motifs is 1. The number of nitrogens with one attached hydrogen (secondary N) is 1. The van der Waals surface area contributed by atoms with Crippen molar-refractivity contribution < 1.29 is 23.8 Å². The molecule has 6 heteroatoms. The number of carboxylic acids is 1. The first-order valence-corrected chi connectivity index (χ1v) is 7.45. The summed E-state index contributed by atoms with van der Waals surface area (Å²) >= 11 is 0. The molecular weight excluding hydrogens is 289 g/mol. The number of amides is 1. The summed E-state index contributed by atoms with van der Waals surface area (Å²) in [5.74, 6) is -1.03. The SMILES string of the molecule is O=C(CC1(C(=O)O)CCC1)NC1CCOc2ccc(F)cc21. The van der Waals surface area contributed by atoms with Crippen molar-refractivity contribution in [3.05, 3.63) is 29.6 Å². The third kappa shape index (κ3) is 2.65. The highest BCUT2D eigenvalue weighted by Crippen LogP contribution is 2.44. The van der Waals surface area contributed by atoms with Crippen LogP contribution in [0.15, 0.2) is 18.2 Å². The summed E-state index contributed by atoms with van der Waals surface area (Å²) in [6.07, 6.45) is 2.43. The van der Waals surface area contributed by atoms with Gasteiger partial charge in [-0.05, 0) is 31.0 Å². The van der Waals surface area contributed by atoms with Gasteiger partial charge in [0.1, 0.15) is 11.6 Å². The van der Waals surface area contributed by atoms with E-state index >= 15 is 0 Å². The number of carbonyl (C=O) groups excluding carboxylic acids is 1. The van der Waals surface area contributed by atoms with E-state index < -0.39 is 11.4 Å². The number of halogens is 1. The maximum Gasteiger partial charge on any atom is 0.310 e. The second kappa shape index (κ2) is 5.59. The number of hydrogen-bond acceptors (Lipinski definition) is 3. The molecule has 1 fully saturated rings. The molecule has 1 aliphatic heterocycles. The van der Waals surface area contributed by atoms with E-state index in [4.69, 9.17) is 4.74 Å². The van der Waals surface area contributed by atoms with Crippen molar-refractivity contribution in [2.24, 2.45) is 5.41 Å². The van der Waals surface area contributed by atoms with Crippen LogP contribution < -0.4 is 10.1 Å². The first kappa shape index (κ1) is 14.8. The predicted octanol–water partition coefficient (Wildman–Crippen LogP) is 2.41. The molecule has 1 aromatic carbocycles. The van der Waals surface area contributed by atoms with Gasteiger partial charge < -0.3 is 15.2 Å². The molecule has 5 nitrogen and oxygen atoms in total. The number of aliphatic carboxylic acids is 1. The van der Waals surface area contributed by atoms with Crippen LogP contribution in [0.5, 0.6) is 5.75 Å². The zero-order chi connectivity index (χ0) is 15.7. The van der Waals surface area contributed by atoms with Gasteiger partial charge in [0.05, 0.1) is 18.1 Å². The average Bonchev–Trinajstić information content (AvgIpc) is 2.43. The topological polar surface area (TPSA) is 75.6 Å². The van der Waals surface area contributed by atoms with Gasteiger partial charge >= 0.3 is 5.97 Å². The van der Waals surface area contributed by atoms with Gasteiger partial charge in [0.2, 0.25) is 5.91 Å². The van der Waals surface area contributed by atoms with Crippen LogP contribution in [-0.4, -0.2) is 23.6 Å². The lowest BCUT2D eigenvalue weighted by molar-refractivity contribution is -0.157. The second-order valence-corrected chi connectivity index (χ2v) is 6.06. The molecule has 2 N–H and O–H groups in total. The maximum atomic E-state index is 13.4. The van der Waals surface area contributed by atoms with Gasteiger partial charge in [-0.3, -0.25) is 9.59 Å². The van der Waals surface area contributed by atoms with Crippen LogP contribution in [0.25, 0.3) is 0 Å². The molecule has 1 aromatic rings. The van der Waals surface area contributed by atoms with Crippen LogP contribution in [0.2, 0.25) is 0 Å². The van der Waals surface area contributed by atoms with Gasteiger partial charge in [-0.25, -0.2) is 4.39 Å². The number of benzene rings is 1. The molecule has 0 saturated heterocycles. The molecule has 0 bridgehead atoms. The van der Waals surface area contributed by atoms with E-state index in [1.165, 1.54) is 12.1 Å². The zero-order valence-corrected chi connectivity index (χ0v) is 12.1. The number of carbonyl (C=O) groups is 2. The molecule has 2 aliphatic rings. The second-order valence-electron chi connectivity index (χ2n) is 6.06. The first-order chi connectivity index (χ1) is 10.5. The van der Waals surface area contributed by atoms with E-state index in [1.54, 1.807) is 6.07 Å². The van der Waals surface area contributed by atoms with E-state index in [0.29, 0.717) is 37.2 Å². The van der Waals surface area contributed by atoms with Crippen molar-refractivity contribution in [2.75, 3.05) is 6.61 Å². The fraction of sp³-hybridized carbons (Fsp3) is 0.500. The molecule has 22 heavy (non-hydrogen) atoms. The highest BCUT2D eigenvalue weighted by atomic mass is 19.1. The van der Waals surface area contributed by atoms with Gasteiger partial charge in [-0.2, -0.15) is 0 Å². The molecule has 0 radical (unpaired) electrons. The quantitative estimate of drug-likeness (QED) is 0.895. The van der Waals surface area contributed by atoms with Crippen molar-refractivity contribution in [3.8, 4) is 5.75 Å². The van der Waals surface area contributed by atoms with E-state index in [9.17, 15) is 19.1 Å². The minimum atomic E-state index is -0.917. The van der Waals surface area contributed by atoms with Crippen LogP contribution in [0.3, 0.4) is 0 Å². The van der Waals surface area contributed by atoms with Gasteiger partial charge in [-0.1, -0.05) is 6.42 Å². The molecule has 118 valence electrons. The van der Waals surface area contributed by atoms with Gasteiger partial charge in [-0.15, -0.1) is 0 Å². The van der Waals surface area contributed by atoms with Crippen molar-refractivity contribution >= 4 is 11.9 Å². The molecule has 1 unspecified atom stereocenters. The highest BCUT2D eigenvalue weighted by molar-refractivity contribution is 5.85. The number of hydrogen-bond donors (Lipinski definition) is 2. The van der Waals surface area contributed by atoms with E-state index in [2.05, 4.69) is 5.32 Å². The summed E-state index contributed by atoms with van der Waals surface area (Å²) in [6.45, 7) is 0.438. The van der Waals surface area contributed by atoms with E-state index in [-0.39, 0.29) is 24.2 Å². The Kier molecular flexibility index (Phi) is 3.76. The summed E-state index contributed by atoms with van der Waals surface area (Å²) in [4.78, 5) is 23.5. The molecule has 1 atom stereocenters. The van der Waals surface area contributed by atoms with E-state index in [1.807, 2.05) is 0 Å². The predicted molar refractivity (Wildman–Crippen MR) is 75.9 cm³/mol. The number of ether oxygens (including phenoxy) is 1. The summed E-state index contributed by atoms with van der Waals surface area (Å²) in [5, 5.41) is 12.1. The van der Waals surface area contributed by atoms with Crippen molar-refractivity contribution in [2.45, 2.75) is 38.1 Å². The molecule has 1 amide bonds. The molecule has 0 aromatic heterocycles. The largest absolute Gasteiger partial charge is 0.493 e. The van der Waals surface area contributed by atoms with Crippen LogP contribution in [0.4, 0.5) is 4.39 Å². The van der Waals surface area contributed by atoms with Crippen LogP contribution in [-0.2, 0) is 9.59 Å². The lowest BCUT2D eigenvalue weighted by Crippen LogP contribution is -2.43. The van der Waals surface area contributed by atoms with Crippen molar-refractivity contribution in [3.63, 3.8) is 0 Å². The third-order valence-electron chi connectivity index (χ3n) is 4.61. The molecule has 3 rings (SSSR count). The summed E-state index contributed by atoms with van der Waals surface area (Å²) < 4.78 is 18.8. The first-order valence-electron chi connectivity index (χ1n) is 7.45. The average molecular weight is 307 g/mol. The third-order valence-corrected chi connectivity index (χ3v) is 4.61. The lowest BCUT2D eigenvalue weighted by Gasteiger charge is -2.37. The fourth-order valence-electron chi connectivity index (χ4n) is 3.14. The summed E-state index contributed by atoms with van der Waals surface area (Å²) in [7, 11) is 0. The monoisotopic (exact) mass is 307 g/mol. The minimum Gasteiger partial charge on any atom is -0.493 e. The molecular formula is C16H18FNO4. The van der Waals surface area contributed by atoms with Crippen molar-refractivity contribution in [1.29, 1.82) is 0 Å². The van der Waals surface area contributed by atoms with Gasteiger partial charge in [0, 0.05) is 18.4 Å². The van der Waals surface area contributed by atoms with Crippen LogP contribution >= 0.6 is 0 Å². The molecule has 1 saturated carbocycles. The van der Waals surface area contributed by atoms with E-state index in [0.717, 1.165) is 6.42 Å². The Morgan fingerprint density at radius 2 is 2.18 bits per heavy atom. The zero-order valence-electron chi connectivity index (χ0n) is 12.1. The standard InChI is InChI=1S/C16H18FNO4/c17-10-2-3-13-11(8-10)12(4-7-22-13)18-14(19)9-16(15(20)21)5-1-6-16/h2-3,8,12H,1,4-7,9H2,(H,18,19)(H,20,21). The molecule has 0 spiro atoms. The fourth-order valence-corrected chi connectivity index (χ4v) is 3.14. The number of rotatable bonds is 4. The van der Waals surface area contributed by atoms with Crippen LogP contribution in [0, 0.1) is 11.2 Å². The Morgan fingerprint density at radius 1 is 1.41 bits per heavy atom. The number of carboxylic acid groups (broad SMARTS) is 1. The maximum absolute atomic E-state index is 13.4. The Hall–Kier alpha value is -2.11. The molecule has 1 heterocycles. The van der Waals surface area contributed by atoms with Crippen molar-refractivity contribution in [1.82, 2.24) is 5.32 Å². The summed E-state index contributed by atoms with van der Waals surface area (Å²) in [5.41, 5.74) is -0.308. The minimum absolute atomic E-state index is 0.0235. The van der Waals surface area contributed by atoms with Gasteiger partial charge in [0.15, 0.2) is 0 Å². The lowest BCUT2D eigenvalue weighted by atomic mass is 9.66. The van der Waals surface area contributed by atoms with Crippen LogP contribution in [0.1, 0.15) is 43.7 Å². The Morgan fingerprint density at radius 3 is 2.82 bits per heavy atom. The Bertz CT molecular complexity index is 612. The summed E-state index contributed by atoms with van der Waals surface area (Å²) in [6, 6.07) is 3.89. The Labute approximate surface area is 127 Å². The van der Waals surface area contributed by atoms with Gasteiger partial charge in [0.25, 0.3) is 0 Å². The highest BCUT2D eigenvalue weighted by Gasteiger charge is 2.46. The smallest absolute Gasteiger partial charge is 0.310 e. The normalized spacial score (nSPS) is 22.0. The Balaban J connectivity index is 1.70. The molecule has 1 aliphatic carbocycles.